The van der Waals surface area contributed by atoms with Crippen molar-refractivity contribution in [3.05, 3.63) is 52.4 Å². The highest BCUT2D eigenvalue weighted by atomic mass is 19.4. The van der Waals surface area contributed by atoms with E-state index in [4.69, 9.17) is 18.6 Å². The van der Waals surface area contributed by atoms with Gasteiger partial charge in [-0.15, -0.1) is 0 Å². The first-order chi connectivity index (χ1) is 13.7. The van der Waals surface area contributed by atoms with Crippen molar-refractivity contribution in [1.29, 1.82) is 0 Å². The number of benzene rings is 2. The summed E-state index contributed by atoms with van der Waals surface area (Å²) in [6.45, 7) is 1.14. The molecule has 0 saturated heterocycles. The van der Waals surface area contributed by atoms with E-state index in [2.05, 4.69) is 0 Å². The Kier molecular flexibility index (Phi) is 5.23. The molecule has 0 amide bonds. The predicted octanol–water partition coefficient (Wildman–Crippen LogP) is 4.42. The molecule has 3 rings (SSSR count). The van der Waals surface area contributed by atoms with Crippen molar-refractivity contribution in [2.45, 2.75) is 13.1 Å². The summed E-state index contributed by atoms with van der Waals surface area (Å²) in [4.78, 5) is 24.0. The fraction of sp³-hybridized carbons (Fsp3) is 0.200. The number of carbonyl (C=O) groups excluding carboxylic acids is 1. The molecule has 0 aliphatic rings. The smallest absolute Gasteiger partial charge is 0.450 e. The highest BCUT2D eigenvalue weighted by Crippen LogP contribution is 2.40. The highest BCUT2D eigenvalue weighted by Gasteiger charge is 2.39. The van der Waals surface area contributed by atoms with Gasteiger partial charge in [-0.3, -0.25) is 9.59 Å². The third-order valence-corrected chi connectivity index (χ3v) is 4.06. The molecule has 0 atom stereocenters. The number of rotatable bonds is 4. The largest absolute Gasteiger partial charge is 0.493 e. The average molecular weight is 408 g/mol. The quantitative estimate of drug-likeness (QED) is 0.470. The van der Waals surface area contributed by atoms with Crippen LogP contribution in [0.15, 0.2) is 45.6 Å². The van der Waals surface area contributed by atoms with E-state index in [-0.39, 0.29) is 28.0 Å². The first kappa shape index (κ1) is 20.2. The fourth-order valence-corrected chi connectivity index (χ4v) is 2.86. The molecular formula is C20H15F3O6. The molecule has 0 aliphatic heterocycles. The number of esters is 1. The van der Waals surface area contributed by atoms with Crippen LogP contribution in [0.2, 0.25) is 0 Å². The lowest BCUT2D eigenvalue weighted by atomic mass is 10.0. The summed E-state index contributed by atoms with van der Waals surface area (Å²) in [5.41, 5.74) is -1.95. The molecule has 0 fully saturated rings. The molecule has 9 heteroatoms. The van der Waals surface area contributed by atoms with Crippen LogP contribution in [-0.2, 0) is 11.0 Å². The van der Waals surface area contributed by atoms with Gasteiger partial charge >= 0.3 is 12.1 Å². The van der Waals surface area contributed by atoms with Crippen LogP contribution in [-0.4, -0.2) is 20.2 Å². The third-order valence-electron chi connectivity index (χ3n) is 4.06. The average Bonchev–Trinajstić information content (AvgIpc) is 2.66. The molecule has 0 spiro atoms. The van der Waals surface area contributed by atoms with E-state index < -0.39 is 28.9 Å². The van der Waals surface area contributed by atoms with E-state index in [1.54, 1.807) is 0 Å². The fourth-order valence-electron chi connectivity index (χ4n) is 2.86. The van der Waals surface area contributed by atoms with E-state index >= 15 is 0 Å². The van der Waals surface area contributed by atoms with Crippen LogP contribution in [0.25, 0.3) is 22.1 Å². The number of hydrogen-bond acceptors (Lipinski definition) is 6. The topological polar surface area (TPSA) is 75.0 Å². The number of halogens is 3. The number of hydrogen-bond donors (Lipinski definition) is 0. The highest BCUT2D eigenvalue weighted by molar-refractivity contribution is 5.85. The lowest BCUT2D eigenvalue weighted by Crippen LogP contribution is -2.16. The summed E-state index contributed by atoms with van der Waals surface area (Å²) < 4.78 is 61.2. The number of ether oxygens (including phenoxy) is 3. The van der Waals surface area contributed by atoms with Gasteiger partial charge in [-0.1, -0.05) is 6.07 Å². The van der Waals surface area contributed by atoms with Crippen molar-refractivity contribution in [1.82, 2.24) is 0 Å². The summed E-state index contributed by atoms with van der Waals surface area (Å²) in [6.07, 6.45) is -4.95. The Balaban J connectivity index is 2.33. The molecule has 6 nitrogen and oxygen atoms in total. The second-order valence-corrected chi connectivity index (χ2v) is 5.95. The first-order valence-electron chi connectivity index (χ1n) is 8.24. The Morgan fingerprint density at radius 2 is 1.69 bits per heavy atom. The molecule has 29 heavy (non-hydrogen) atoms. The summed E-state index contributed by atoms with van der Waals surface area (Å²) in [5, 5.41) is -0.0984. The van der Waals surface area contributed by atoms with Crippen LogP contribution in [0.4, 0.5) is 13.2 Å². The monoisotopic (exact) mass is 408 g/mol. The van der Waals surface area contributed by atoms with Crippen molar-refractivity contribution in [2.24, 2.45) is 0 Å². The van der Waals surface area contributed by atoms with Crippen molar-refractivity contribution in [3.63, 3.8) is 0 Å². The van der Waals surface area contributed by atoms with Gasteiger partial charge in [0.2, 0.25) is 11.2 Å². The zero-order valence-corrected chi connectivity index (χ0v) is 15.5. The van der Waals surface area contributed by atoms with Gasteiger partial charge in [0.1, 0.15) is 11.3 Å². The van der Waals surface area contributed by atoms with Crippen molar-refractivity contribution in [2.75, 3.05) is 14.2 Å². The van der Waals surface area contributed by atoms with E-state index in [1.807, 2.05) is 0 Å². The summed E-state index contributed by atoms with van der Waals surface area (Å²) in [6, 6.07) is 7.56. The predicted molar refractivity (Wildman–Crippen MR) is 97.3 cm³/mol. The van der Waals surface area contributed by atoms with E-state index in [1.165, 1.54) is 44.6 Å². The van der Waals surface area contributed by atoms with Crippen LogP contribution < -0.4 is 19.6 Å². The molecular weight excluding hydrogens is 393 g/mol. The normalized spacial score (nSPS) is 11.4. The van der Waals surface area contributed by atoms with Crippen LogP contribution >= 0.6 is 0 Å². The van der Waals surface area contributed by atoms with Crippen LogP contribution in [0.3, 0.4) is 0 Å². The SMILES string of the molecule is COc1ccc(-c2c(C(F)(F)F)oc3cc(OC(C)=O)ccc3c2=O)cc1OC. The van der Waals surface area contributed by atoms with Gasteiger partial charge in [-0.2, -0.15) is 13.2 Å². The molecule has 0 N–H and O–H groups in total. The maximum atomic E-state index is 13.7. The molecule has 3 aromatic rings. The number of carbonyl (C=O) groups is 1. The Hall–Kier alpha value is -3.49. The van der Waals surface area contributed by atoms with Crippen molar-refractivity contribution < 1.29 is 36.6 Å². The van der Waals surface area contributed by atoms with Gasteiger partial charge in [0, 0.05) is 13.0 Å². The number of alkyl halides is 3. The van der Waals surface area contributed by atoms with Gasteiger partial charge in [0.15, 0.2) is 11.5 Å². The summed E-state index contributed by atoms with van der Waals surface area (Å²) in [5.74, 6) is -1.73. The van der Waals surface area contributed by atoms with Crippen molar-refractivity contribution in [3.8, 4) is 28.4 Å². The minimum Gasteiger partial charge on any atom is -0.493 e. The molecule has 0 unspecified atom stereocenters. The first-order valence-corrected chi connectivity index (χ1v) is 8.24. The third kappa shape index (κ3) is 3.89. The lowest BCUT2D eigenvalue weighted by molar-refractivity contribution is -0.152. The maximum Gasteiger partial charge on any atom is 0.450 e. The molecule has 0 bridgehead atoms. The molecule has 2 aromatic carbocycles. The minimum atomic E-state index is -4.95. The van der Waals surface area contributed by atoms with E-state index in [0.29, 0.717) is 5.75 Å². The van der Waals surface area contributed by atoms with Crippen LogP contribution in [0, 0.1) is 0 Å². The second kappa shape index (κ2) is 7.50. The Bertz CT molecular complexity index is 1150. The number of fused-ring (bicyclic) bond motifs is 1. The van der Waals surface area contributed by atoms with Gasteiger partial charge in [0.05, 0.1) is 25.2 Å². The molecule has 1 heterocycles. The molecule has 0 saturated carbocycles. The molecule has 1 aromatic heterocycles. The molecule has 152 valence electrons. The van der Waals surface area contributed by atoms with Crippen LogP contribution in [0.1, 0.15) is 12.7 Å². The Morgan fingerprint density at radius 3 is 2.28 bits per heavy atom. The van der Waals surface area contributed by atoms with Crippen molar-refractivity contribution >= 4 is 16.9 Å². The Labute approximate surface area is 162 Å². The van der Waals surface area contributed by atoms with Crippen LogP contribution in [0.5, 0.6) is 17.2 Å². The molecule has 0 aliphatic carbocycles. The minimum absolute atomic E-state index is 0.0415. The Morgan fingerprint density at radius 1 is 1.00 bits per heavy atom. The summed E-state index contributed by atoms with van der Waals surface area (Å²) in [7, 11) is 2.70. The summed E-state index contributed by atoms with van der Waals surface area (Å²) >= 11 is 0. The number of methoxy groups -OCH3 is 2. The van der Waals surface area contributed by atoms with Gasteiger partial charge in [0.25, 0.3) is 0 Å². The van der Waals surface area contributed by atoms with Gasteiger partial charge < -0.3 is 18.6 Å². The maximum absolute atomic E-state index is 13.7. The van der Waals surface area contributed by atoms with E-state index in [9.17, 15) is 22.8 Å². The zero-order chi connectivity index (χ0) is 21.3. The zero-order valence-electron chi connectivity index (χ0n) is 15.5. The lowest BCUT2D eigenvalue weighted by Gasteiger charge is -2.14. The van der Waals surface area contributed by atoms with E-state index in [0.717, 1.165) is 13.0 Å². The second-order valence-electron chi connectivity index (χ2n) is 5.95. The van der Waals surface area contributed by atoms with Gasteiger partial charge in [-0.25, -0.2) is 0 Å². The molecule has 0 radical (unpaired) electrons. The standard InChI is InChI=1S/C20H15F3O6/c1-10(24)28-12-5-6-13-15(9-12)29-19(20(21,22)23)17(18(13)25)11-4-7-14(26-2)16(8-11)27-3/h4-9H,1-3H3. The van der Waals surface area contributed by atoms with Gasteiger partial charge in [-0.05, 0) is 29.8 Å².